The minimum Gasteiger partial charge on any atom is -0.354 e. The highest BCUT2D eigenvalue weighted by Gasteiger charge is 2.31. The molecule has 3 rings (SSSR count). The van der Waals surface area contributed by atoms with Crippen LogP contribution in [0.2, 0.25) is 5.02 Å². The number of halogens is 1. The second-order valence-corrected chi connectivity index (χ2v) is 12.9. The topological polar surface area (TPSA) is 86.8 Å². The average molecular weight is 612 g/mol. The first-order valence-corrected chi connectivity index (χ1v) is 16.6. The number of aryl methyl sites for hydroxylation is 1. The van der Waals surface area contributed by atoms with Crippen LogP contribution in [0, 0.1) is 13.8 Å². The Balaban J connectivity index is 1.90. The smallest absolute Gasteiger partial charge is 0.243 e. The first-order valence-electron chi connectivity index (χ1n) is 14.4. The van der Waals surface area contributed by atoms with E-state index < -0.39 is 16.1 Å². The van der Waals surface area contributed by atoms with Crippen molar-refractivity contribution in [2.24, 2.45) is 0 Å². The van der Waals surface area contributed by atoms with Gasteiger partial charge in [-0.1, -0.05) is 85.6 Å². The molecule has 226 valence electrons. The van der Waals surface area contributed by atoms with Crippen LogP contribution in [0.3, 0.4) is 0 Å². The number of carbonyl (C=O) groups excluding carboxylic acids is 2. The van der Waals surface area contributed by atoms with Crippen molar-refractivity contribution in [1.29, 1.82) is 0 Å². The van der Waals surface area contributed by atoms with Crippen molar-refractivity contribution < 1.29 is 18.0 Å². The second-order valence-electron chi connectivity index (χ2n) is 10.6. The van der Waals surface area contributed by atoms with Gasteiger partial charge >= 0.3 is 0 Å². The molecule has 2 amide bonds. The maximum atomic E-state index is 14.0. The third-order valence-electron chi connectivity index (χ3n) is 7.36. The van der Waals surface area contributed by atoms with Gasteiger partial charge in [0.15, 0.2) is 0 Å². The fourth-order valence-electron chi connectivity index (χ4n) is 4.88. The molecule has 0 aliphatic rings. The van der Waals surface area contributed by atoms with Crippen LogP contribution in [-0.2, 0) is 32.6 Å². The van der Waals surface area contributed by atoms with E-state index in [4.69, 9.17) is 11.6 Å². The predicted octanol–water partition coefficient (Wildman–Crippen LogP) is 6.06. The Kier molecular flexibility index (Phi) is 12.4. The van der Waals surface area contributed by atoms with Crippen LogP contribution >= 0.6 is 11.6 Å². The molecular weight excluding hydrogens is 570 g/mol. The molecule has 0 heterocycles. The molecule has 0 aliphatic heterocycles. The number of sulfonamides is 1. The van der Waals surface area contributed by atoms with Crippen LogP contribution in [0.5, 0.6) is 0 Å². The van der Waals surface area contributed by atoms with Crippen molar-refractivity contribution in [3.8, 4) is 0 Å². The van der Waals surface area contributed by atoms with E-state index in [-0.39, 0.29) is 37.7 Å². The van der Waals surface area contributed by atoms with Gasteiger partial charge in [0.1, 0.15) is 6.04 Å². The molecule has 1 atom stereocenters. The van der Waals surface area contributed by atoms with Gasteiger partial charge in [-0.25, -0.2) is 8.42 Å². The standard InChI is InChI=1S/C33H42ClN3O4S/c1-5-6-21-35-33(39)31(23-27-15-8-7-9-16-27)36(24-28-17-11-10-14-25(28)2)32(38)20-13-22-37(42(4,40)41)30-19-12-18-29(34)26(30)3/h7-12,14-19,31H,5-6,13,20-24H2,1-4H3,(H,35,39)/t31-/m1/s1. The maximum Gasteiger partial charge on any atom is 0.243 e. The van der Waals surface area contributed by atoms with Crippen molar-refractivity contribution in [3.05, 3.63) is 100 Å². The summed E-state index contributed by atoms with van der Waals surface area (Å²) in [6.07, 6.45) is 3.66. The van der Waals surface area contributed by atoms with Crippen molar-refractivity contribution in [1.82, 2.24) is 10.2 Å². The molecular formula is C33H42ClN3O4S. The average Bonchev–Trinajstić information content (AvgIpc) is 2.95. The number of benzene rings is 3. The first-order chi connectivity index (χ1) is 20.0. The molecule has 3 aromatic rings. The van der Waals surface area contributed by atoms with E-state index >= 15 is 0 Å². The summed E-state index contributed by atoms with van der Waals surface area (Å²) in [7, 11) is -3.63. The van der Waals surface area contributed by atoms with Gasteiger partial charge in [0.2, 0.25) is 21.8 Å². The number of unbranched alkanes of at least 4 members (excludes halogenated alkanes) is 1. The van der Waals surface area contributed by atoms with E-state index in [1.54, 1.807) is 30.0 Å². The van der Waals surface area contributed by atoms with Gasteiger partial charge in [-0.05, 0) is 61.1 Å². The number of amides is 2. The molecule has 0 bridgehead atoms. The summed E-state index contributed by atoms with van der Waals surface area (Å²) < 4.78 is 26.8. The van der Waals surface area contributed by atoms with Gasteiger partial charge in [-0.3, -0.25) is 13.9 Å². The Morgan fingerprint density at radius 3 is 2.29 bits per heavy atom. The molecule has 1 N–H and O–H groups in total. The van der Waals surface area contributed by atoms with Crippen LogP contribution in [0.25, 0.3) is 0 Å². The summed E-state index contributed by atoms with van der Waals surface area (Å²) in [5, 5.41) is 3.51. The molecule has 0 fully saturated rings. The summed E-state index contributed by atoms with van der Waals surface area (Å²) in [6, 6.07) is 21.9. The van der Waals surface area contributed by atoms with E-state index in [0.717, 1.165) is 35.8 Å². The Labute approximate surface area is 255 Å². The SMILES string of the molecule is CCCCNC(=O)[C@@H](Cc1ccccc1)N(Cc1ccccc1C)C(=O)CCCN(c1cccc(Cl)c1C)S(C)(=O)=O. The maximum absolute atomic E-state index is 14.0. The largest absolute Gasteiger partial charge is 0.354 e. The lowest BCUT2D eigenvalue weighted by Gasteiger charge is -2.32. The zero-order valence-electron chi connectivity index (χ0n) is 25.0. The minimum absolute atomic E-state index is 0.0744. The highest BCUT2D eigenvalue weighted by molar-refractivity contribution is 7.92. The monoisotopic (exact) mass is 611 g/mol. The van der Waals surface area contributed by atoms with E-state index in [0.29, 0.717) is 29.2 Å². The molecule has 0 unspecified atom stereocenters. The Morgan fingerprint density at radius 1 is 0.929 bits per heavy atom. The molecule has 0 radical (unpaired) electrons. The minimum atomic E-state index is -3.63. The van der Waals surface area contributed by atoms with Gasteiger partial charge in [0, 0.05) is 37.5 Å². The number of anilines is 1. The molecule has 0 saturated heterocycles. The number of hydrogen-bond acceptors (Lipinski definition) is 4. The zero-order valence-corrected chi connectivity index (χ0v) is 26.5. The quantitative estimate of drug-likeness (QED) is 0.212. The highest BCUT2D eigenvalue weighted by atomic mass is 35.5. The molecule has 0 aliphatic carbocycles. The molecule has 9 heteroatoms. The zero-order chi connectivity index (χ0) is 30.7. The number of rotatable bonds is 15. The summed E-state index contributed by atoms with van der Waals surface area (Å²) >= 11 is 6.28. The number of hydrogen-bond donors (Lipinski definition) is 1. The summed E-state index contributed by atoms with van der Waals surface area (Å²) in [5.41, 5.74) is 4.09. The third kappa shape index (κ3) is 9.33. The fraction of sp³-hybridized carbons (Fsp3) is 0.394. The molecule has 0 saturated carbocycles. The van der Waals surface area contributed by atoms with Gasteiger partial charge < -0.3 is 10.2 Å². The van der Waals surface area contributed by atoms with Crippen LogP contribution in [0.15, 0.2) is 72.8 Å². The first kappa shape index (κ1) is 33.1. The molecule has 3 aromatic carbocycles. The molecule has 0 aromatic heterocycles. The van der Waals surface area contributed by atoms with Crippen LogP contribution in [0.4, 0.5) is 5.69 Å². The van der Waals surface area contributed by atoms with Gasteiger partial charge in [-0.15, -0.1) is 0 Å². The fourth-order valence-corrected chi connectivity index (χ4v) is 6.07. The number of carbonyl (C=O) groups is 2. The summed E-state index contributed by atoms with van der Waals surface area (Å²) in [6.45, 7) is 6.74. The van der Waals surface area contributed by atoms with Gasteiger partial charge in [-0.2, -0.15) is 0 Å². The van der Waals surface area contributed by atoms with Crippen molar-refractivity contribution in [2.45, 2.75) is 65.5 Å². The Bertz CT molecular complexity index is 1450. The van der Waals surface area contributed by atoms with Crippen molar-refractivity contribution in [3.63, 3.8) is 0 Å². The normalized spacial score (nSPS) is 12.0. The molecule has 42 heavy (non-hydrogen) atoms. The van der Waals surface area contributed by atoms with E-state index in [1.807, 2.05) is 61.5 Å². The van der Waals surface area contributed by atoms with Crippen LogP contribution in [-0.4, -0.2) is 50.5 Å². The van der Waals surface area contributed by atoms with E-state index in [9.17, 15) is 18.0 Å². The predicted molar refractivity (Wildman–Crippen MR) is 171 cm³/mol. The van der Waals surface area contributed by atoms with Gasteiger partial charge in [0.25, 0.3) is 0 Å². The third-order valence-corrected chi connectivity index (χ3v) is 8.95. The Hall–Kier alpha value is -3.36. The van der Waals surface area contributed by atoms with Crippen LogP contribution < -0.4 is 9.62 Å². The lowest BCUT2D eigenvalue weighted by molar-refractivity contribution is -0.141. The summed E-state index contributed by atoms with van der Waals surface area (Å²) in [4.78, 5) is 29.2. The van der Waals surface area contributed by atoms with E-state index in [2.05, 4.69) is 12.2 Å². The van der Waals surface area contributed by atoms with Gasteiger partial charge in [0.05, 0.1) is 11.9 Å². The van der Waals surface area contributed by atoms with E-state index in [1.165, 1.54) is 4.31 Å². The Morgan fingerprint density at radius 2 is 1.62 bits per heavy atom. The number of nitrogens with one attached hydrogen (secondary N) is 1. The second kappa shape index (κ2) is 15.8. The number of nitrogens with zero attached hydrogens (tertiary/aromatic N) is 2. The van der Waals surface area contributed by atoms with Crippen molar-refractivity contribution >= 4 is 39.1 Å². The molecule has 7 nitrogen and oxygen atoms in total. The lowest BCUT2D eigenvalue weighted by atomic mass is 10.0. The molecule has 0 spiro atoms. The van der Waals surface area contributed by atoms with Crippen molar-refractivity contribution in [2.75, 3.05) is 23.7 Å². The highest BCUT2D eigenvalue weighted by Crippen LogP contribution is 2.28. The van der Waals surface area contributed by atoms with Crippen LogP contribution in [0.1, 0.15) is 54.9 Å². The summed E-state index contributed by atoms with van der Waals surface area (Å²) in [5.74, 6) is -0.400. The lowest BCUT2D eigenvalue weighted by Crippen LogP contribution is -2.50.